The Kier molecular flexibility index (Phi) is 4.99. The molecule has 3 rings (SSSR count). The Balaban J connectivity index is 2.12. The maximum absolute atomic E-state index is 13.2. The third kappa shape index (κ3) is 3.72. The van der Waals surface area contributed by atoms with E-state index in [2.05, 4.69) is 5.10 Å². The van der Waals surface area contributed by atoms with Gasteiger partial charge >= 0.3 is 5.97 Å². The molecule has 2 aromatic carbocycles. The monoisotopic (exact) mass is 380 g/mol. The molecule has 1 aromatic heterocycles. The quantitative estimate of drug-likeness (QED) is 0.640. The first-order chi connectivity index (χ1) is 12.3. The molecule has 0 aliphatic rings. The molecule has 1 heterocycles. The number of fused-ring (bicyclic) bond motifs is 1. The van der Waals surface area contributed by atoms with Crippen LogP contribution in [-0.4, -0.2) is 20.9 Å². The molecule has 3 aromatic rings. The van der Waals surface area contributed by atoms with Gasteiger partial charge in [0, 0.05) is 22.0 Å². The van der Waals surface area contributed by atoms with Crippen LogP contribution in [-0.2, 0) is 11.3 Å². The van der Waals surface area contributed by atoms with Crippen molar-refractivity contribution in [3.8, 4) is 0 Å². The molecule has 134 valence electrons. The minimum absolute atomic E-state index is 0.114. The van der Waals surface area contributed by atoms with Crippen LogP contribution in [0.5, 0.6) is 0 Å². The van der Waals surface area contributed by atoms with E-state index in [9.17, 15) is 18.0 Å². The van der Waals surface area contributed by atoms with E-state index >= 15 is 0 Å². The summed E-state index contributed by atoms with van der Waals surface area (Å²) >= 11 is 6.03. The number of carbonyl (C=O) groups is 1. The van der Waals surface area contributed by atoms with Crippen molar-refractivity contribution in [3.63, 3.8) is 0 Å². The van der Waals surface area contributed by atoms with Crippen molar-refractivity contribution in [2.45, 2.75) is 13.0 Å². The molecule has 8 heteroatoms. The van der Waals surface area contributed by atoms with E-state index in [0.29, 0.717) is 22.2 Å². The van der Waals surface area contributed by atoms with Gasteiger partial charge in [-0.05, 0) is 29.8 Å². The van der Waals surface area contributed by atoms with E-state index in [-0.39, 0.29) is 17.1 Å². The first kappa shape index (κ1) is 18.0. The van der Waals surface area contributed by atoms with E-state index in [1.807, 2.05) is 0 Å². The molecule has 0 radical (unpaired) electrons. The first-order valence-corrected chi connectivity index (χ1v) is 7.86. The fourth-order valence-electron chi connectivity index (χ4n) is 2.56. The van der Waals surface area contributed by atoms with Gasteiger partial charge in [-0.3, -0.25) is 4.68 Å². The van der Waals surface area contributed by atoms with Crippen LogP contribution in [0.1, 0.15) is 23.2 Å². The summed E-state index contributed by atoms with van der Waals surface area (Å²) in [6.45, 7) is 0.114. The first-order valence-electron chi connectivity index (χ1n) is 7.48. The summed E-state index contributed by atoms with van der Waals surface area (Å²) in [6, 6.07) is 7.90. The van der Waals surface area contributed by atoms with Gasteiger partial charge in [0.05, 0.1) is 17.8 Å². The van der Waals surface area contributed by atoms with E-state index in [1.54, 1.807) is 0 Å². The predicted octanol–water partition coefficient (Wildman–Crippen LogP) is 4.91. The van der Waals surface area contributed by atoms with Crippen molar-refractivity contribution in [1.82, 2.24) is 9.78 Å². The number of halogens is 4. The molecule has 0 amide bonds. The van der Waals surface area contributed by atoms with Gasteiger partial charge in [0.15, 0.2) is 0 Å². The number of nitrogens with zero attached hydrogens (tertiary/aromatic N) is 2. The van der Waals surface area contributed by atoms with Gasteiger partial charge in [0.25, 0.3) is 6.43 Å². The average Bonchev–Trinajstić information content (AvgIpc) is 2.92. The number of rotatable bonds is 5. The van der Waals surface area contributed by atoms with E-state index < -0.39 is 18.2 Å². The number of alkyl halides is 2. The number of carboxylic acids is 1. The lowest BCUT2D eigenvalue weighted by Gasteiger charge is -2.07. The summed E-state index contributed by atoms with van der Waals surface area (Å²) < 4.78 is 40.7. The molecular weight excluding hydrogens is 369 g/mol. The van der Waals surface area contributed by atoms with Crippen molar-refractivity contribution in [2.24, 2.45) is 0 Å². The largest absolute Gasteiger partial charge is 0.478 e. The SMILES string of the molecule is O=C(O)/C=C/c1nn(Cc2ccc(F)cc2Cl)c2cc(C(F)F)ccc12. The van der Waals surface area contributed by atoms with E-state index in [0.717, 1.165) is 12.1 Å². The molecule has 0 aliphatic carbocycles. The summed E-state index contributed by atoms with van der Waals surface area (Å²) in [7, 11) is 0. The zero-order valence-corrected chi connectivity index (χ0v) is 13.9. The zero-order chi connectivity index (χ0) is 18.8. The average molecular weight is 381 g/mol. The Morgan fingerprint density at radius 2 is 2.04 bits per heavy atom. The standard InChI is InChI=1S/C18H12ClF3N2O2/c19-14-8-12(20)3-1-11(14)9-24-16-7-10(18(21)22)2-4-13(16)15(23-24)5-6-17(25)26/h1-8,18H,9H2,(H,25,26)/b6-5+. The number of hydrogen-bond acceptors (Lipinski definition) is 2. The minimum Gasteiger partial charge on any atom is -0.478 e. The van der Waals surface area contributed by atoms with E-state index in [4.69, 9.17) is 16.7 Å². The van der Waals surface area contributed by atoms with Crippen LogP contribution in [0.3, 0.4) is 0 Å². The summed E-state index contributed by atoms with van der Waals surface area (Å²) in [4.78, 5) is 10.8. The summed E-state index contributed by atoms with van der Waals surface area (Å²) in [6.07, 6.45) is -0.455. The molecule has 0 saturated heterocycles. The summed E-state index contributed by atoms with van der Waals surface area (Å²) in [5, 5.41) is 13.8. The second-order valence-electron chi connectivity index (χ2n) is 5.53. The Hall–Kier alpha value is -2.80. The molecule has 0 spiro atoms. The Bertz CT molecular complexity index is 1020. The summed E-state index contributed by atoms with van der Waals surface area (Å²) in [5.74, 6) is -1.65. The van der Waals surface area contributed by atoms with Gasteiger partial charge in [-0.2, -0.15) is 5.10 Å². The number of aliphatic carboxylic acids is 1. The Labute approximate surface area is 151 Å². The van der Waals surface area contributed by atoms with E-state index in [1.165, 1.54) is 41.1 Å². The van der Waals surface area contributed by atoms with Gasteiger partial charge in [-0.25, -0.2) is 18.0 Å². The van der Waals surface area contributed by atoms with Crippen molar-refractivity contribution in [1.29, 1.82) is 0 Å². The van der Waals surface area contributed by atoms with Gasteiger partial charge < -0.3 is 5.11 Å². The fourth-order valence-corrected chi connectivity index (χ4v) is 2.78. The number of hydrogen-bond donors (Lipinski definition) is 1. The smallest absolute Gasteiger partial charge is 0.328 e. The van der Waals surface area contributed by atoms with Crippen LogP contribution in [0.15, 0.2) is 42.5 Å². The van der Waals surface area contributed by atoms with Crippen molar-refractivity contribution in [3.05, 3.63) is 70.1 Å². The van der Waals surface area contributed by atoms with Crippen LogP contribution in [0.2, 0.25) is 5.02 Å². The van der Waals surface area contributed by atoms with Crippen LogP contribution in [0.4, 0.5) is 13.2 Å². The lowest BCUT2D eigenvalue weighted by Crippen LogP contribution is -2.03. The topological polar surface area (TPSA) is 55.1 Å². The Morgan fingerprint density at radius 1 is 1.27 bits per heavy atom. The van der Waals surface area contributed by atoms with Gasteiger partial charge in [0.1, 0.15) is 5.82 Å². The van der Waals surface area contributed by atoms with Crippen LogP contribution >= 0.6 is 11.6 Å². The van der Waals surface area contributed by atoms with Gasteiger partial charge in [-0.1, -0.05) is 29.8 Å². The molecule has 26 heavy (non-hydrogen) atoms. The maximum atomic E-state index is 13.2. The highest BCUT2D eigenvalue weighted by atomic mass is 35.5. The number of benzene rings is 2. The van der Waals surface area contributed by atoms with Crippen molar-refractivity contribution in [2.75, 3.05) is 0 Å². The molecule has 4 nitrogen and oxygen atoms in total. The number of carboxylic acid groups (broad SMARTS) is 1. The second kappa shape index (κ2) is 7.21. The third-order valence-electron chi connectivity index (χ3n) is 3.78. The Morgan fingerprint density at radius 3 is 2.69 bits per heavy atom. The molecule has 0 saturated carbocycles. The predicted molar refractivity (Wildman–Crippen MR) is 91.9 cm³/mol. The zero-order valence-electron chi connectivity index (χ0n) is 13.2. The molecule has 0 bridgehead atoms. The number of aromatic nitrogens is 2. The van der Waals surface area contributed by atoms with Crippen molar-refractivity contribution < 1.29 is 23.1 Å². The van der Waals surface area contributed by atoms with Crippen LogP contribution in [0, 0.1) is 5.82 Å². The highest BCUT2D eigenvalue weighted by molar-refractivity contribution is 6.31. The molecule has 0 atom stereocenters. The minimum atomic E-state index is -2.66. The molecular formula is C18H12ClF3N2O2. The summed E-state index contributed by atoms with van der Waals surface area (Å²) in [5.41, 5.74) is 1.08. The molecule has 0 aliphatic heterocycles. The lowest BCUT2D eigenvalue weighted by atomic mass is 10.1. The highest BCUT2D eigenvalue weighted by Gasteiger charge is 2.15. The second-order valence-corrected chi connectivity index (χ2v) is 5.93. The van der Waals surface area contributed by atoms with Gasteiger partial charge in [-0.15, -0.1) is 0 Å². The van der Waals surface area contributed by atoms with Gasteiger partial charge in [0.2, 0.25) is 0 Å². The molecule has 0 unspecified atom stereocenters. The maximum Gasteiger partial charge on any atom is 0.328 e. The van der Waals surface area contributed by atoms with Crippen LogP contribution in [0.25, 0.3) is 17.0 Å². The van der Waals surface area contributed by atoms with Crippen molar-refractivity contribution >= 4 is 34.5 Å². The highest BCUT2D eigenvalue weighted by Crippen LogP contribution is 2.28. The third-order valence-corrected chi connectivity index (χ3v) is 4.13. The molecule has 0 fully saturated rings. The normalized spacial score (nSPS) is 11.7. The molecule has 1 N–H and O–H groups in total. The lowest BCUT2D eigenvalue weighted by molar-refractivity contribution is -0.131. The van der Waals surface area contributed by atoms with Crippen LogP contribution < -0.4 is 0 Å². The fraction of sp³-hybridized carbons (Fsp3) is 0.111.